The molecule has 0 aromatic carbocycles. The molecule has 0 aromatic rings. The maximum atomic E-state index is 12.3. The number of hydrogen-bond acceptors (Lipinski definition) is 4. The third kappa shape index (κ3) is 2.17. The summed E-state index contributed by atoms with van der Waals surface area (Å²) in [5.41, 5.74) is -0.763. The molecule has 4 aliphatic rings. The molecule has 4 aliphatic carbocycles. The average Bonchev–Trinajstić information content (AvgIpc) is 2.79. The number of nitrogens with zero attached hydrogens (tertiary/aromatic N) is 1. The molecule has 0 spiro atoms. The van der Waals surface area contributed by atoms with Crippen molar-refractivity contribution in [2.75, 3.05) is 0 Å². The van der Waals surface area contributed by atoms with E-state index in [4.69, 9.17) is 12.2 Å². The Labute approximate surface area is 156 Å². The van der Waals surface area contributed by atoms with Gasteiger partial charge in [-0.15, -0.1) is 0 Å². The highest BCUT2D eigenvalue weighted by molar-refractivity contribution is 7.78. The van der Waals surface area contributed by atoms with E-state index in [2.05, 4.69) is 30.9 Å². The van der Waals surface area contributed by atoms with Crippen LogP contribution in [0, 0.1) is 28.6 Å². The Morgan fingerprint density at radius 3 is 2.44 bits per heavy atom. The summed E-state index contributed by atoms with van der Waals surface area (Å²) in [6, 6.07) is 0. The van der Waals surface area contributed by atoms with Crippen molar-refractivity contribution >= 4 is 23.2 Å². The maximum Gasteiger partial charge on any atom is 0.135 e. The quantitative estimate of drug-likeness (QED) is 0.549. The van der Waals surface area contributed by atoms with Gasteiger partial charge >= 0.3 is 0 Å². The van der Waals surface area contributed by atoms with E-state index in [0.29, 0.717) is 36.4 Å². The minimum Gasteiger partial charge on any atom is -0.390 e. The van der Waals surface area contributed by atoms with Crippen LogP contribution in [0.25, 0.3) is 0 Å². The highest BCUT2D eigenvalue weighted by Crippen LogP contribution is 2.69. The van der Waals surface area contributed by atoms with Crippen molar-refractivity contribution in [3.8, 4) is 0 Å². The summed E-state index contributed by atoms with van der Waals surface area (Å²) in [7, 11) is 0. The van der Waals surface area contributed by atoms with Crippen molar-refractivity contribution in [2.24, 2.45) is 33.6 Å². The van der Waals surface area contributed by atoms with E-state index < -0.39 is 5.60 Å². The van der Waals surface area contributed by atoms with Crippen LogP contribution in [0.1, 0.15) is 78.6 Å². The molecule has 4 saturated carbocycles. The maximum absolute atomic E-state index is 12.3. The van der Waals surface area contributed by atoms with Gasteiger partial charge in [0.1, 0.15) is 5.78 Å². The molecule has 7 atom stereocenters. The fourth-order valence-corrected chi connectivity index (χ4v) is 7.77. The number of ketones is 1. The molecule has 0 unspecified atom stereocenters. The molecule has 1 N–H and O–H groups in total. The predicted molar refractivity (Wildman–Crippen MR) is 102 cm³/mol. The molecule has 0 heterocycles. The lowest BCUT2D eigenvalue weighted by molar-refractivity contribution is -0.157. The normalized spacial score (nSPS) is 54.9. The standard InChI is InChI=1S/C21H31NO2S/c1-18-9-6-17-15(16(18)7-10-20(18,3)24)5-11-21(22-13-25)12-14(23)4-8-19(17,21)2/h15-17,24H,4-12H2,1-3H3/t15-,16-,17-,18-,19+,20+,21+/m0/s1. The average molecular weight is 362 g/mol. The van der Waals surface area contributed by atoms with Gasteiger partial charge in [0.05, 0.1) is 16.3 Å². The Morgan fingerprint density at radius 2 is 1.72 bits per heavy atom. The van der Waals surface area contributed by atoms with Gasteiger partial charge in [0, 0.05) is 12.8 Å². The smallest absolute Gasteiger partial charge is 0.135 e. The summed E-state index contributed by atoms with van der Waals surface area (Å²) < 4.78 is 0. The van der Waals surface area contributed by atoms with Crippen LogP contribution in [0.2, 0.25) is 0 Å². The first-order chi connectivity index (χ1) is 11.7. The van der Waals surface area contributed by atoms with Crippen molar-refractivity contribution in [2.45, 2.75) is 89.7 Å². The second kappa shape index (κ2) is 5.47. The zero-order chi connectivity index (χ0) is 18.1. The van der Waals surface area contributed by atoms with Crippen LogP contribution in [0.5, 0.6) is 0 Å². The van der Waals surface area contributed by atoms with Gasteiger partial charge in [-0.2, -0.15) is 0 Å². The number of aliphatic hydroxyl groups is 1. The summed E-state index contributed by atoms with van der Waals surface area (Å²) in [4.78, 5) is 16.9. The lowest BCUT2D eigenvalue weighted by atomic mass is 9.42. The van der Waals surface area contributed by atoms with Gasteiger partial charge in [-0.05, 0) is 92.7 Å². The van der Waals surface area contributed by atoms with Crippen molar-refractivity contribution < 1.29 is 9.90 Å². The van der Waals surface area contributed by atoms with Crippen molar-refractivity contribution in [1.29, 1.82) is 0 Å². The molecule has 4 fully saturated rings. The first-order valence-corrected chi connectivity index (χ1v) is 10.4. The second-order valence-electron chi connectivity index (χ2n) is 10.1. The van der Waals surface area contributed by atoms with Crippen LogP contribution in [0.15, 0.2) is 4.99 Å². The summed E-state index contributed by atoms with van der Waals surface area (Å²) >= 11 is 4.99. The van der Waals surface area contributed by atoms with Gasteiger partial charge in [-0.3, -0.25) is 4.79 Å². The molecule has 0 radical (unpaired) electrons. The monoisotopic (exact) mass is 361 g/mol. The van der Waals surface area contributed by atoms with Crippen molar-refractivity contribution in [3.63, 3.8) is 0 Å². The number of aliphatic imine (C=N–C) groups is 1. The van der Waals surface area contributed by atoms with Crippen LogP contribution in [-0.4, -0.2) is 27.2 Å². The first kappa shape index (κ1) is 17.8. The molecule has 0 aliphatic heterocycles. The molecule has 0 saturated heterocycles. The van der Waals surface area contributed by atoms with Crippen LogP contribution in [-0.2, 0) is 4.79 Å². The summed E-state index contributed by atoms with van der Waals surface area (Å²) in [6.07, 6.45) is 8.55. The van der Waals surface area contributed by atoms with Crippen LogP contribution in [0.4, 0.5) is 0 Å². The number of isothiocyanates is 1. The van der Waals surface area contributed by atoms with Gasteiger partial charge < -0.3 is 5.11 Å². The van der Waals surface area contributed by atoms with E-state index in [1.54, 1.807) is 0 Å². The van der Waals surface area contributed by atoms with Gasteiger partial charge in [0.25, 0.3) is 0 Å². The van der Waals surface area contributed by atoms with E-state index in [-0.39, 0.29) is 16.4 Å². The molecule has 25 heavy (non-hydrogen) atoms. The third-order valence-electron chi connectivity index (χ3n) is 9.44. The van der Waals surface area contributed by atoms with Gasteiger partial charge in [-0.1, -0.05) is 13.8 Å². The third-order valence-corrected chi connectivity index (χ3v) is 9.54. The Morgan fingerprint density at radius 1 is 1.04 bits per heavy atom. The SMILES string of the molecule is C[C@]12CC[C@H]3[C@@H](CC[C@@]4(N=C=S)CC(=O)CC[C@]34C)[C@@H]1CC[C@@]2(C)O. The van der Waals surface area contributed by atoms with E-state index in [0.717, 1.165) is 44.9 Å². The van der Waals surface area contributed by atoms with Crippen LogP contribution >= 0.6 is 12.2 Å². The van der Waals surface area contributed by atoms with Crippen molar-refractivity contribution in [3.05, 3.63) is 0 Å². The Balaban J connectivity index is 1.73. The zero-order valence-corrected chi connectivity index (χ0v) is 16.6. The number of carbonyl (C=O) groups excluding carboxylic acids is 1. The molecule has 4 rings (SSSR count). The van der Waals surface area contributed by atoms with Gasteiger partial charge in [-0.25, -0.2) is 4.99 Å². The molecule has 138 valence electrons. The van der Waals surface area contributed by atoms with E-state index >= 15 is 0 Å². The number of carbonyl (C=O) groups is 1. The number of thiocarbonyl (C=S) groups is 1. The molecule has 4 heteroatoms. The second-order valence-corrected chi connectivity index (χ2v) is 10.2. The summed E-state index contributed by atoms with van der Waals surface area (Å²) in [5.74, 6) is 2.19. The van der Waals surface area contributed by atoms with Crippen LogP contribution < -0.4 is 0 Å². The fourth-order valence-electron chi connectivity index (χ4n) is 7.59. The van der Waals surface area contributed by atoms with Gasteiger partial charge in [0.15, 0.2) is 0 Å². The minimum absolute atomic E-state index is 0.0441. The summed E-state index contributed by atoms with van der Waals surface area (Å²) in [5, 5.41) is 13.7. The van der Waals surface area contributed by atoms with Crippen molar-refractivity contribution in [1.82, 2.24) is 0 Å². The number of hydrogen-bond donors (Lipinski definition) is 1. The van der Waals surface area contributed by atoms with Gasteiger partial charge in [0.2, 0.25) is 0 Å². The molecule has 3 nitrogen and oxygen atoms in total. The highest BCUT2D eigenvalue weighted by Gasteiger charge is 2.66. The van der Waals surface area contributed by atoms with E-state index in [1.165, 1.54) is 0 Å². The highest BCUT2D eigenvalue weighted by atomic mass is 32.1. The predicted octanol–water partition coefficient (Wildman–Crippen LogP) is 4.57. The number of Topliss-reactive ketones (excluding diaryl/α,β-unsaturated/α-hetero) is 1. The first-order valence-electron chi connectivity index (χ1n) is 10.0. The Bertz CT molecular complexity index is 654. The topological polar surface area (TPSA) is 49.7 Å². The molecule has 0 aromatic heterocycles. The summed E-state index contributed by atoms with van der Waals surface area (Å²) in [6.45, 7) is 6.75. The molecular weight excluding hydrogens is 330 g/mol. The van der Waals surface area contributed by atoms with E-state index in [1.807, 2.05) is 0 Å². The minimum atomic E-state index is -0.535. The lowest BCUT2D eigenvalue weighted by Gasteiger charge is -2.63. The largest absolute Gasteiger partial charge is 0.390 e. The van der Waals surface area contributed by atoms with E-state index in [9.17, 15) is 9.90 Å². The van der Waals surface area contributed by atoms with Crippen LogP contribution in [0.3, 0.4) is 0 Å². The molecule has 0 amide bonds. The zero-order valence-electron chi connectivity index (χ0n) is 15.8. The number of fused-ring (bicyclic) bond motifs is 5. The Hall–Kier alpha value is -0.570. The Kier molecular flexibility index (Phi) is 3.90. The molecular formula is C21H31NO2S. The molecule has 0 bridgehead atoms. The lowest BCUT2D eigenvalue weighted by Crippen LogP contribution is -2.62. The fraction of sp³-hybridized carbons (Fsp3) is 0.905. The number of rotatable bonds is 1.